The van der Waals surface area contributed by atoms with Crippen molar-refractivity contribution < 1.29 is 4.52 Å². The van der Waals surface area contributed by atoms with Gasteiger partial charge in [0, 0.05) is 6.42 Å². The van der Waals surface area contributed by atoms with Crippen molar-refractivity contribution in [3.8, 4) is 6.07 Å². The van der Waals surface area contributed by atoms with E-state index in [2.05, 4.69) is 15.5 Å². The van der Waals surface area contributed by atoms with Crippen molar-refractivity contribution in [2.75, 3.05) is 6.54 Å². The lowest BCUT2D eigenvalue weighted by atomic mass is 10.1. The zero-order chi connectivity index (χ0) is 12.8. The molecule has 0 aliphatic carbocycles. The Morgan fingerprint density at radius 3 is 2.89 bits per heavy atom. The number of nitrogens with one attached hydrogen (secondary N) is 1. The number of benzene rings is 1. The van der Waals surface area contributed by atoms with Crippen LogP contribution in [0.1, 0.15) is 30.2 Å². The van der Waals surface area contributed by atoms with E-state index in [0.29, 0.717) is 18.1 Å². The molecule has 18 heavy (non-hydrogen) atoms. The molecule has 1 heterocycles. The number of nitriles is 1. The first-order valence-electron chi connectivity index (χ1n) is 5.76. The Balaban J connectivity index is 2.00. The van der Waals surface area contributed by atoms with Gasteiger partial charge in [-0.3, -0.25) is 5.32 Å². The standard InChI is InChI=1S/C13H14N4O/c1-10(15-8-7-14)13-16-12(17-18-13)9-11-5-3-2-4-6-11/h2-6,10,15H,8-9H2,1H3/t10-/m0/s1. The van der Waals surface area contributed by atoms with Crippen LogP contribution in [0, 0.1) is 11.3 Å². The predicted molar refractivity (Wildman–Crippen MR) is 65.6 cm³/mol. The lowest BCUT2D eigenvalue weighted by Gasteiger charge is -2.03. The highest BCUT2D eigenvalue weighted by molar-refractivity contribution is 5.18. The van der Waals surface area contributed by atoms with Gasteiger partial charge in [0.15, 0.2) is 5.82 Å². The first-order valence-corrected chi connectivity index (χ1v) is 5.76. The van der Waals surface area contributed by atoms with Crippen LogP contribution in [0.15, 0.2) is 34.9 Å². The van der Waals surface area contributed by atoms with Gasteiger partial charge in [-0.25, -0.2) is 0 Å². The molecule has 0 saturated carbocycles. The summed E-state index contributed by atoms with van der Waals surface area (Å²) in [7, 11) is 0. The number of aromatic nitrogens is 2. The third-order valence-electron chi connectivity index (χ3n) is 2.55. The van der Waals surface area contributed by atoms with E-state index < -0.39 is 0 Å². The molecule has 0 aliphatic rings. The fraction of sp³-hybridized carbons (Fsp3) is 0.308. The van der Waals surface area contributed by atoms with Gasteiger partial charge in [0.25, 0.3) is 0 Å². The second kappa shape index (κ2) is 5.94. The maximum Gasteiger partial charge on any atom is 0.243 e. The van der Waals surface area contributed by atoms with Crippen LogP contribution in [0.4, 0.5) is 0 Å². The van der Waals surface area contributed by atoms with E-state index in [1.165, 1.54) is 0 Å². The quantitative estimate of drug-likeness (QED) is 0.810. The summed E-state index contributed by atoms with van der Waals surface area (Å²) in [6, 6.07) is 11.9. The first-order chi connectivity index (χ1) is 8.79. The molecule has 1 N–H and O–H groups in total. The van der Waals surface area contributed by atoms with Crippen LogP contribution in [-0.4, -0.2) is 16.7 Å². The second-order valence-electron chi connectivity index (χ2n) is 3.97. The number of hydrogen-bond acceptors (Lipinski definition) is 5. The third kappa shape index (κ3) is 3.15. The molecule has 2 aromatic rings. The summed E-state index contributed by atoms with van der Waals surface area (Å²) in [4.78, 5) is 4.31. The van der Waals surface area contributed by atoms with Gasteiger partial charge >= 0.3 is 0 Å². The minimum atomic E-state index is -0.110. The number of rotatable bonds is 5. The van der Waals surface area contributed by atoms with E-state index in [1.54, 1.807) is 0 Å². The van der Waals surface area contributed by atoms with E-state index >= 15 is 0 Å². The Bertz CT molecular complexity index is 529. The largest absolute Gasteiger partial charge is 0.338 e. The summed E-state index contributed by atoms with van der Waals surface area (Å²) in [6.45, 7) is 2.15. The molecule has 1 aromatic carbocycles. The van der Waals surface area contributed by atoms with Crippen molar-refractivity contribution in [1.29, 1.82) is 5.26 Å². The average molecular weight is 242 g/mol. The monoisotopic (exact) mass is 242 g/mol. The molecule has 0 amide bonds. The van der Waals surface area contributed by atoms with Gasteiger partial charge in [-0.2, -0.15) is 10.2 Å². The zero-order valence-electron chi connectivity index (χ0n) is 10.1. The normalized spacial score (nSPS) is 12.0. The fourth-order valence-corrected chi connectivity index (χ4v) is 1.58. The fourth-order valence-electron chi connectivity index (χ4n) is 1.58. The Kier molecular flexibility index (Phi) is 4.05. The van der Waals surface area contributed by atoms with Gasteiger partial charge < -0.3 is 4.52 Å². The highest BCUT2D eigenvalue weighted by atomic mass is 16.5. The Labute approximate surface area is 105 Å². The lowest BCUT2D eigenvalue weighted by molar-refractivity contribution is 0.341. The highest BCUT2D eigenvalue weighted by Gasteiger charge is 2.13. The average Bonchev–Trinajstić information content (AvgIpc) is 2.86. The van der Waals surface area contributed by atoms with E-state index in [1.807, 2.05) is 43.3 Å². The topological polar surface area (TPSA) is 74.7 Å². The molecule has 0 spiro atoms. The van der Waals surface area contributed by atoms with E-state index in [4.69, 9.17) is 9.78 Å². The molecule has 0 unspecified atom stereocenters. The SMILES string of the molecule is C[C@H](NCC#N)c1nc(Cc2ccccc2)no1. The molecule has 0 radical (unpaired) electrons. The molecule has 0 saturated heterocycles. The highest BCUT2D eigenvalue weighted by Crippen LogP contribution is 2.11. The number of nitrogens with zero attached hydrogens (tertiary/aromatic N) is 3. The maximum atomic E-state index is 8.48. The van der Waals surface area contributed by atoms with E-state index in [9.17, 15) is 0 Å². The minimum Gasteiger partial charge on any atom is -0.338 e. The van der Waals surface area contributed by atoms with Crippen LogP contribution in [0.25, 0.3) is 0 Å². The van der Waals surface area contributed by atoms with Gasteiger partial charge in [-0.05, 0) is 12.5 Å². The third-order valence-corrected chi connectivity index (χ3v) is 2.55. The lowest BCUT2D eigenvalue weighted by Crippen LogP contribution is -2.18. The van der Waals surface area contributed by atoms with E-state index in [0.717, 1.165) is 5.56 Å². The van der Waals surface area contributed by atoms with Crippen LogP contribution in [0.3, 0.4) is 0 Å². The zero-order valence-corrected chi connectivity index (χ0v) is 10.1. The molecule has 92 valence electrons. The summed E-state index contributed by atoms with van der Waals surface area (Å²) in [5.41, 5.74) is 1.14. The Hall–Kier alpha value is -2.19. The van der Waals surface area contributed by atoms with Crippen molar-refractivity contribution in [1.82, 2.24) is 15.5 Å². The van der Waals surface area contributed by atoms with Crippen LogP contribution in [-0.2, 0) is 6.42 Å². The van der Waals surface area contributed by atoms with Gasteiger partial charge in [-0.1, -0.05) is 35.5 Å². The summed E-state index contributed by atoms with van der Waals surface area (Å²) in [6.07, 6.45) is 0.648. The molecule has 0 fully saturated rings. The van der Waals surface area contributed by atoms with E-state index in [-0.39, 0.29) is 12.6 Å². The Morgan fingerprint density at radius 1 is 1.39 bits per heavy atom. The van der Waals surface area contributed by atoms with Gasteiger partial charge in [0.2, 0.25) is 5.89 Å². The van der Waals surface area contributed by atoms with Gasteiger partial charge in [-0.15, -0.1) is 0 Å². The van der Waals surface area contributed by atoms with Crippen LogP contribution < -0.4 is 5.32 Å². The van der Waals surface area contributed by atoms with Crippen LogP contribution >= 0.6 is 0 Å². The van der Waals surface area contributed by atoms with Crippen molar-refractivity contribution in [3.05, 3.63) is 47.6 Å². The molecular formula is C13H14N4O. The molecule has 2 rings (SSSR count). The molecule has 1 aromatic heterocycles. The van der Waals surface area contributed by atoms with Gasteiger partial charge in [0.05, 0.1) is 18.7 Å². The predicted octanol–water partition coefficient (Wildman–Crippen LogP) is 1.83. The first kappa shape index (κ1) is 12.3. The molecule has 0 bridgehead atoms. The van der Waals surface area contributed by atoms with Crippen molar-refractivity contribution >= 4 is 0 Å². The summed E-state index contributed by atoms with van der Waals surface area (Å²) in [5, 5.41) is 15.4. The van der Waals surface area contributed by atoms with Crippen molar-refractivity contribution in [3.63, 3.8) is 0 Å². The van der Waals surface area contributed by atoms with Crippen LogP contribution in [0.5, 0.6) is 0 Å². The van der Waals surface area contributed by atoms with Crippen LogP contribution in [0.2, 0.25) is 0 Å². The summed E-state index contributed by atoms with van der Waals surface area (Å²) >= 11 is 0. The molecule has 0 aliphatic heterocycles. The second-order valence-corrected chi connectivity index (χ2v) is 3.97. The number of hydrogen-bond donors (Lipinski definition) is 1. The molecule has 1 atom stereocenters. The Morgan fingerprint density at radius 2 is 2.17 bits per heavy atom. The summed E-state index contributed by atoms with van der Waals surface area (Å²) in [5.74, 6) is 1.16. The smallest absolute Gasteiger partial charge is 0.243 e. The maximum absolute atomic E-state index is 8.48. The summed E-state index contributed by atoms with van der Waals surface area (Å²) < 4.78 is 5.16. The minimum absolute atomic E-state index is 0.110. The molecule has 5 nitrogen and oxygen atoms in total. The van der Waals surface area contributed by atoms with Gasteiger partial charge in [0.1, 0.15) is 0 Å². The molecular weight excluding hydrogens is 228 g/mol. The van der Waals surface area contributed by atoms with Crippen molar-refractivity contribution in [2.45, 2.75) is 19.4 Å². The van der Waals surface area contributed by atoms with Crippen molar-refractivity contribution in [2.24, 2.45) is 0 Å². The molecule has 5 heteroatoms.